The molecule has 0 aliphatic heterocycles. The minimum atomic E-state index is 0.719. The van der Waals surface area contributed by atoms with Crippen LogP contribution in [0, 0.1) is 6.92 Å². The van der Waals surface area contributed by atoms with E-state index >= 15 is 0 Å². The van der Waals surface area contributed by atoms with Crippen molar-refractivity contribution < 1.29 is 4.74 Å². The Kier molecular flexibility index (Phi) is 8.56. The molecule has 0 amide bonds. The Labute approximate surface area is 126 Å². The van der Waals surface area contributed by atoms with E-state index in [0.717, 1.165) is 36.7 Å². The fourth-order valence-electron chi connectivity index (χ4n) is 1.64. The number of hydrazone groups is 1. The minimum Gasteiger partial charge on any atom is -0.389 e. The third-order valence-corrected chi connectivity index (χ3v) is 2.72. The highest BCUT2D eigenvalue weighted by molar-refractivity contribution is 5.99. The number of hydrogen-bond donors (Lipinski definition) is 2. The maximum atomic E-state index is 5.21. The number of aryl methyl sites for hydroxylation is 1. The molecule has 1 heterocycles. The zero-order valence-electron chi connectivity index (χ0n) is 13.0. The number of pyridine rings is 1. The Morgan fingerprint density at radius 1 is 1.38 bits per heavy atom. The molecule has 0 saturated carbocycles. The minimum absolute atomic E-state index is 0.719. The number of aromatic nitrogens is 1. The van der Waals surface area contributed by atoms with Gasteiger partial charge in [0, 0.05) is 36.8 Å². The summed E-state index contributed by atoms with van der Waals surface area (Å²) in [5.41, 5.74) is 5.83. The molecule has 0 bridgehead atoms. The van der Waals surface area contributed by atoms with Crippen LogP contribution in [-0.4, -0.2) is 30.5 Å². The largest absolute Gasteiger partial charge is 0.389 e. The topological polar surface area (TPSA) is 58.5 Å². The molecule has 0 aliphatic rings. The maximum absolute atomic E-state index is 5.21. The second-order valence-corrected chi connectivity index (χ2v) is 4.33. The predicted octanol–water partition coefficient (Wildman–Crippen LogP) is 2.36. The number of nitrogens with zero attached hydrogens (tertiary/aromatic N) is 2. The summed E-state index contributed by atoms with van der Waals surface area (Å²) in [4.78, 5) is 4.24. The van der Waals surface area contributed by atoms with Gasteiger partial charge in [-0.2, -0.15) is 5.10 Å². The van der Waals surface area contributed by atoms with E-state index in [0.29, 0.717) is 0 Å². The molecule has 0 aliphatic carbocycles. The van der Waals surface area contributed by atoms with Crippen molar-refractivity contribution in [3.05, 3.63) is 54.1 Å². The van der Waals surface area contributed by atoms with Crippen LogP contribution in [0.25, 0.3) is 0 Å². The molecule has 1 rings (SSSR count). The van der Waals surface area contributed by atoms with Gasteiger partial charge in [0.15, 0.2) is 0 Å². The molecule has 0 radical (unpaired) electrons. The molecule has 21 heavy (non-hydrogen) atoms. The highest BCUT2D eigenvalue weighted by atomic mass is 16.5. The van der Waals surface area contributed by atoms with Crippen molar-refractivity contribution in [2.75, 3.05) is 19.8 Å². The molecule has 0 atom stereocenters. The molecule has 5 nitrogen and oxygen atoms in total. The number of hydrogen-bond acceptors (Lipinski definition) is 5. The Morgan fingerprint density at radius 3 is 2.95 bits per heavy atom. The number of rotatable bonds is 9. The van der Waals surface area contributed by atoms with Crippen LogP contribution >= 0.6 is 0 Å². The molecule has 0 spiro atoms. The van der Waals surface area contributed by atoms with Crippen molar-refractivity contribution in [3.63, 3.8) is 0 Å². The lowest BCUT2D eigenvalue weighted by Crippen LogP contribution is -2.13. The van der Waals surface area contributed by atoms with Crippen LogP contribution in [0.5, 0.6) is 0 Å². The van der Waals surface area contributed by atoms with Crippen molar-refractivity contribution in [1.29, 1.82) is 0 Å². The standard InChI is InChI=1S/C16H24N4O/c1-4-21-13-12-17-9-5-6-11-19-20-15(3)16-8-7-10-18-14(16)2/h5-11,17,19H,4,12-13H2,1-3H3/b9-5+,11-6+,20-15+. The fraction of sp³-hybridized carbons (Fsp3) is 0.375. The molecule has 2 N–H and O–H groups in total. The monoisotopic (exact) mass is 288 g/mol. The number of ether oxygens (including phenoxy) is 1. The molecule has 0 fully saturated rings. The Hall–Kier alpha value is -2.14. The second kappa shape index (κ2) is 10.6. The van der Waals surface area contributed by atoms with Crippen molar-refractivity contribution in [2.24, 2.45) is 5.10 Å². The Morgan fingerprint density at radius 2 is 2.19 bits per heavy atom. The average molecular weight is 288 g/mol. The molecule has 0 aromatic carbocycles. The van der Waals surface area contributed by atoms with Crippen LogP contribution in [0.3, 0.4) is 0 Å². The maximum Gasteiger partial charge on any atom is 0.0666 e. The van der Waals surface area contributed by atoms with Gasteiger partial charge in [0.1, 0.15) is 0 Å². The quantitative estimate of drug-likeness (QED) is 0.317. The van der Waals surface area contributed by atoms with E-state index < -0.39 is 0 Å². The van der Waals surface area contributed by atoms with Gasteiger partial charge in [0.2, 0.25) is 0 Å². The van der Waals surface area contributed by atoms with E-state index in [-0.39, 0.29) is 0 Å². The average Bonchev–Trinajstić information content (AvgIpc) is 2.49. The summed E-state index contributed by atoms with van der Waals surface area (Å²) >= 11 is 0. The summed E-state index contributed by atoms with van der Waals surface area (Å²) < 4.78 is 5.21. The normalized spacial score (nSPS) is 12.2. The predicted molar refractivity (Wildman–Crippen MR) is 87.1 cm³/mol. The fourth-order valence-corrected chi connectivity index (χ4v) is 1.64. The smallest absolute Gasteiger partial charge is 0.0666 e. The zero-order chi connectivity index (χ0) is 15.3. The van der Waals surface area contributed by atoms with Gasteiger partial charge in [-0.05, 0) is 51.3 Å². The molecule has 114 valence electrons. The lowest BCUT2D eigenvalue weighted by atomic mass is 10.1. The molecule has 0 saturated heterocycles. The summed E-state index contributed by atoms with van der Waals surface area (Å²) in [6, 6.07) is 3.92. The first-order valence-corrected chi connectivity index (χ1v) is 7.10. The van der Waals surface area contributed by atoms with E-state index in [1.54, 1.807) is 12.4 Å². The highest BCUT2D eigenvalue weighted by Gasteiger charge is 2.00. The molecular formula is C16H24N4O. The summed E-state index contributed by atoms with van der Waals surface area (Å²) in [5, 5.41) is 7.40. The number of nitrogens with one attached hydrogen (secondary N) is 2. The van der Waals surface area contributed by atoms with Crippen molar-refractivity contribution in [1.82, 2.24) is 15.7 Å². The first-order chi connectivity index (χ1) is 10.3. The third-order valence-electron chi connectivity index (χ3n) is 2.72. The van der Waals surface area contributed by atoms with Gasteiger partial charge in [-0.3, -0.25) is 10.4 Å². The van der Waals surface area contributed by atoms with Crippen LogP contribution in [0.15, 0.2) is 48.0 Å². The van der Waals surface area contributed by atoms with Crippen LogP contribution in [0.4, 0.5) is 0 Å². The van der Waals surface area contributed by atoms with Crippen LogP contribution < -0.4 is 10.7 Å². The third kappa shape index (κ3) is 7.27. The van der Waals surface area contributed by atoms with Gasteiger partial charge in [-0.15, -0.1) is 0 Å². The van der Waals surface area contributed by atoms with Crippen LogP contribution in [0.1, 0.15) is 25.1 Å². The van der Waals surface area contributed by atoms with E-state index in [1.807, 2.05) is 51.3 Å². The van der Waals surface area contributed by atoms with E-state index in [1.165, 1.54) is 0 Å². The van der Waals surface area contributed by atoms with Gasteiger partial charge in [0.05, 0.1) is 12.3 Å². The van der Waals surface area contributed by atoms with Crippen LogP contribution in [0.2, 0.25) is 0 Å². The van der Waals surface area contributed by atoms with Crippen molar-refractivity contribution >= 4 is 5.71 Å². The molecule has 0 unspecified atom stereocenters. The summed E-state index contributed by atoms with van der Waals surface area (Å²) in [5.74, 6) is 0. The Balaban J connectivity index is 2.29. The van der Waals surface area contributed by atoms with E-state index in [9.17, 15) is 0 Å². The van der Waals surface area contributed by atoms with Crippen LogP contribution in [-0.2, 0) is 4.74 Å². The molecular weight excluding hydrogens is 264 g/mol. The first kappa shape index (κ1) is 16.9. The first-order valence-electron chi connectivity index (χ1n) is 7.10. The van der Waals surface area contributed by atoms with Crippen molar-refractivity contribution in [2.45, 2.75) is 20.8 Å². The molecule has 1 aromatic rings. The summed E-state index contributed by atoms with van der Waals surface area (Å²) in [7, 11) is 0. The van der Waals surface area contributed by atoms with Gasteiger partial charge in [-0.25, -0.2) is 0 Å². The molecule has 1 aromatic heterocycles. The molecule has 5 heteroatoms. The van der Waals surface area contributed by atoms with Gasteiger partial charge >= 0.3 is 0 Å². The zero-order valence-corrected chi connectivity index (χ0v) is 13.0. The highest BCUT2D eigenvalue weighted by Crippen LogP contribution is 2.04. The van der Waals surface area contributed by atoms with Gasteiger partial charge in [0.25, 0.3) is 0 Å². The lowest BCUT2D eigenvalue weighted by molar-refractivity contribution is 0.152. The van der Waals surface area contributed by atoms with E-state index in [4.69, 9.17) is 4.74 Å². The lowest BCUT2D eigenvalue weighted by Gasteiger charge is -2.03. The summed E-state index contributed by atoms with van der Waals surface area (Å²) in [6.45, 7) is 8.19. The van der Waals surface area contributed by atoms with Gasteiger partial charge < -0.3 is 10.1 Å². The second-order valence-electron chi connectivity index (χ2n) is 4.33. The Bertz CT molecular complexity index is 495. The van der Waals surface area contributed by atoms with Crippen molar-refractivity contribution in [3.8, 4) is 0 Å². The summed E-state index contributed by atoms with van der Waals surface area (Å²) in [6.07, 6.45) is 9.21. The van der Waals surface area contributed by atoms with E-state index in [2.05, 4.69) is 20.8 Å². The SMILES string of the molecule is CCOCCN/C=C/C=C/N/N=C(\C)c1cccnc1C. The number of allylic oxidation sites excluding steroid dienone is 2. The van der Waals surface area contributed by atoms with Gasteiger partial charge in [-0.1, -0.05) is 0 Å².